The highest BCUT2D eigenvalue weighted by Gasteiger charge is 2.11. The number of rotatable bonds is 4. The topological polar surface area (TPSA) is 42.0 Å². The van der Waals surface area contributed by atoms with Gasteiger partial charge in [0.15, 0.2) is 0 Å². The van der Waals surface area contributed by atoms with Crippen LogP contribution < -0.4 is 5.32 Å². The molecule has 0 atom stereocenters. The molecule has 5 heteroatoms. The molecule has 0 bridgehead atoms. The smallest absolute Gasteiger partial charge is 0.251 e. The molecule has 0 saturated carbocycles. The monoisotopic (exact) mass is 322 g/mol. The van der Waals surface area contributed by atoms with Crippen molar-refractivity contribution in [3.05, 3.63) is 63.4 Å². The first kappa shape index (κ1) is 15.8. The van der Waals surface area contributed by atoms with Gasteiger partial charge in [-0.25, -0.2) is 4.98 Å². The van der Waals surface area contributed by atoms with Crippen LogP contribution in [0.4, 0.5) is 0 Å². The fraction of sp³-hybridized carbons (Fsp3) is 0.250. The lowest BCUT2D eigenvalue weighted by Gasteiger charge is -2.09. The Morgan fingerprint density at radius 2 is 1.86 bits per heavy atom. The molecule has 0 unspecified atom stereocenters. The number of pyridine rings is 1. The maximum absolute atomic E-state index is 12.2. The molecule has 2 rings (SSSR count). The summed E-state index contributed by atoms with van der Waals surface area (Å²) in [5, 5.41) is 3.86. The van der Waals surface area contributed by atoms with Crippen LogP contribution in [0.5, 0.6) is 0 Å². The second-order valence-electron chi connectivity index (χ2n) is 5.07. The summed E-state index contributed by atoms with van der Waals surface area (Å²) in [6.07, 6.45) is 0. The molecule has 2 aromatic rings. The van der Waals surface area contributed by atoms with Gasteiger partial charge in [-0.2, -0.15) is 0 Å². The van der Waals surface area contributed by atoms with Gasteiger partial charge in [0.2, 0.25) is 0 Å². The van der Waals surface area contributed by atoms with Gasteiger partial charge in [0.05, 0.1) is 0 Å². The summed E-state index contributed by atoms with van der Waals surface area (Å²) in [6, 6.07) is 10.7. The largest absolute Gasteiger partial charge is 0.348 e. The van der Waals surface area contributed by atoms with Gasteiger partial charge in [-0.1, -0.05) is 49.2 Å². The molecular weight excluding hydrogens is 307 g/mol. The molecule has 1 N–H and O–H groups in total. The summed E-state index contributed by atoms with van der Waals surface area (Å²) < 4.78 is 0. The van der Waals surface area contributed by atoms with E-state index >= 15 is 0 Å². The molecule has 1 heterocycles. The highest BCUT2D eigenvalue weighted by Crippen LogP contribution is 2.18. The zero-order chi connectivity index (χ0) is 15.4. The second kappa shape index (κ2) is 6.92. The first-order chi connectivity index (χ1) is 9.95. The van der Waals surface area contributed by atoms with Crippen LogP contribution >= 0.6 is 23.2 Å². The van der Waals surface area contributed by atoms with Crippen molar-refractivity contribution in [1.29, 1.82) is 0 Å². The van der Waals surface area contributed by atoms with Gasteiger partial charge in [0.1, 0.15) is 5.15 Å². The lowest BCUT2D eigenvalue weighted by molar-refractivity contribution is 0.0950. The second-order valence-corrected chi connectivity index (χ2v) is 5.89. The molecule has 0 radical (unpaired) electrons. The molecule has 1 aromatic heterocycles. The minimum absolute atomic E-state index is 0.170. The maximum atomic E-state index is 12.2. The molecule has 0 spiro atoms. The van der Waals surface area contributed by atoms with E-state index < -0.39 is 0 Å². The minimum atomic E-state index is -0.170. The number of amides is 1. The molecule has 0 fully saturated rings. The van der Waals surface area contributed by atoms with E-state index in [9.17, 15) is 4.79 Å². The Labute approximate surface area is 134 Å². The maximum Gasteiger partial charge on any atom is 0.251 e. The van der Waals surface area contributed by atoms with E-state index in [2.05, 4.69) is 10.3 Å². The van der Waals surface area contributed by atoms with Gasteiger partial charge in [0.25, 0.3) is 5.91 Å². The van der Waals surface area contributed by atoms with Gasteiger partial charge in [-0.05, 0) is 35.7 Å². The predicted molar refractivity (Wildman–Crippen MR) is 86.0 cm³/mol. The van der Waals surface area contributed by atoms with Crippen LogP contribution in [0.25, 0.3) is 0 Å². The lowest BCUT2D eigenvalue weighted by Crippen LogP contribution is -2.23. The van der Waals surface area contributed by atoms with Crippen molar-refractivity contribution in [2.24, 2.45) is 0 Å². The first-order valence-electron chi connectivity index (χ1n) is 6.66. The van der Waals surface area contributed by atoms with Gasteiger partial charge in [0, 0.05) is 22.8 Å². The van der Waals surface area contributed by atoms with Crippen molar-refractivity contribution in [3.63, 3.8) is 0 Å². The van der Waals surface area contributed by atoms with Gasteiger partial charge in [-0.3, -0.25) is 4.79 Å². The lowest BCUT2D eigenvalue weighted by atomic mass is 10.1. The molecule has 21 heavy (non-hydrogen) atoms. The number of carbonyl (C=O) groups excluding carboxylic acids is 1. The summed E-state index contributed by atoms with van der Waals surface area (Å²) in [6.45, 7) is 4.45. The van der Waals surface area contributed by atoms with E-state index in [0.717, 1.165) is 11.3 Å². The van der Waals surface area contributed by atoms with E-state index in [1.54, 1.807) is 24.3 Å². The van der Waals surface area contributed by atoms with Crippen LogP contribution in [-0.2, 0) is 6.54 Å². The quantitative estimate of drug-likeness (QED) is 0.845. The third kappa shape index (κ3) is 4.45. The molecule has 0 saturated heterocycles. The van der Waals surface area contributed by atoms with Crippen LogP contribution in [0, 0.1) is 0 Å². The first-order valence-corrected chi connectivity index (χ1v) is 7.41. The highest BCUT2D eigenvalue weighted by molar-refractivity contribution is 6.30. The van der Waals surface area contributed by atoms with Gasteiger partial charge < -0.3 is 5.32 Å². The third-order valence-electron chi connectivity index (χ3n) is 3.03. The minimum Gasteiger partial charge on any atom is -0.348 e. The van der Waals surface area contributed by atoms with E-state index in [0.29, 0.717) is 22.3 Å². The van der Waals surface area contributed by atoms with Crippen LogP contribution in [0.15, 0.2) is 36.4 Å². The Kier molecular flexibility index (Phi) is 5.21. The number of hydrogen-bond donors (Lipinski definition) is 1. The number of nitrogens with one attached hydrogen (secondary N) is 1. The summed E-state index contributed by atoms with van der Waals surface area (Å²) in [5.74, 6) is 0.0441. The van der Waals surface area contributed by atoms with Crippen molar-refractivity contribution in [2.45, 2.75) is 26.3 Å². The SMILES string of the molecule is CC(C)c1cc(C(=O)NCc2ccc(Cl)cc2)cc(Cl)n1. The average Bonchev–Trinajstić information content (AvgIpc) is 2.45. The number of nitrogens with zero attached hydrogens (tertiary/aromatic N) is 1. The van der Waals surface area contributed by atoms with E-state index in [1.165, 1.54) is 0 Å². The number of halogens is 2. The van der Waals surface area contributed by atoms with E-state index in [4.69, 9.17) is 23.2 Å². The van der Waals surface area contributed by atoms with Gasteiger partial charge in [-0.15, -0.1) is 0 Å². The van der Waals surface area contributed by atoms with Crippen molar-refractivity contribution in [2.75, 3.05) is 0 Å². The molecule has 110 valence electrons. The van der Waals surface area contributed by atoms with Crippen LogP contribution in [-0.4, -0.2) is 10.9 Å². The normalized spacial score (nSPS) is 10.7. The van der Waals surface area contributed by atoms with Gasteiger partial charge >= 0.3 is 0 Å². The van der Waals surface area contributed by atoms with Crippen molar-refractivity contribution >= 4 is 29.1 Å². The standard InChI is InChI=1S/C16H16Cl2N2O/c1-10(2)14-7-12(8-15(18)20-14)16(21)19-9-11-3-5-13(17)6-4-11/h3-8,10H,9H2,1-2H3,(H,19,21). The molecular formula is C16H16Cl2N2O. The third-order valence-corrected chi connectivity index (χ3v) is 3.48. The summed E-state index contributed by atoms with van der Waals surface area (Å²) in [5.41, 5.74) is 2.31. The molecule has 1 aromatic carbocycles. The predicted octanol–water partition coefficient (Wildman–Crippen LogP) is 4.44. The number of aromatic nitrogens is 1. The summed E-state index contributed by atoms with van der Waals surface area (Å²) >= 11 is 11.8. The van der Waals surface area contributed by atoms with E-state index in [-0.39, 0.29) is 11.8 Å². The van der Waals surface area contributed by atoms with E-state index in [1.807, 2.05) is 26.0 Å². The molecule has 0 aliphatic rings. The van der Waals surface area contributed by atoms with Crippen LogP contribution in [0.3, 0.4) is 0 Å². The Balaban J connectivity index is 2.08. The Bertz CT molecular complexity index is 639. The molecule has 0 aliphatic heterocycles. The fourth-order valence-electron chi connectivity index (χ4n) is 1.83. The zero-order valence-electron chi connectivity index (χ0n) is 11.9. The summed E-state index contributed by atoms with van der Waals surface area (Å²) in [4.78, 5) is 16.4. The number of carbonyl (C=O) groups is 1. The van der Waals surface area contributed by atoms with Crippen molar-refractivity contribution < 1.29 is 4.79 Å². The average molecular weight is 323 g/mol. The zero-order valence-corrected chi connectivity index (χ0v) is 13.4. The number of hydrogen-bond acceptors (Lipinski definition) is 2. The summed E-state index contributed by atoms with van der Waals surface area (Å²) in [7, 11) is 0. The van der Waals surface area contributed by atoms with Crippen LogP contribution in [0.1, 0.15) is 41.4 Å². The Morgan fingerprint density at radius 1 is 1.19 bits per heavy atom. The van der Waals surface area contributed by atoms with Crippen molar-refractivity contribution in [1.82, 2.24) is 10.3 Å². The highest BCUT2D eigenvalue weighted by atomic mass is 35.5. The number of benzene rings is 1. The molecule has 3 nitrogen and oxygen atoms in total. The molecule has 1 amide bonds. The molecule has 0 aliphatic carbocycles. The Hall–Kier alpha value is -1.58. The fourth-order valence-corrected chi connectivity index (χ4v) is 2.17. The van der Waals surface area contributed by atoms with Crippen molar-refractivity contribution in [3.8, 4) is 0 Å². The van der Waals surface area contributed by atoms with Crippen LogP contribution in [0.2, 0.25) is 10.2 Å². The Morgan fingerprint density at radius 3 is 2.48 bits per heavy atom.